The molecule has 2 rings (SSSR count). The van der Waals surface area contributed by atoms with Gasteiger partial charge in [0.2, 0.25) is 0 Å². The maximum Gasteiger partial charge on any atom is 0.340 e. The van der Waals surface area contributed by atoms with Crippen LogP contribution in [-0.2, 0) is 10.6 Å². The van der Waals surface area contributed by atoms with E-state index in [0.717, 1.165) is 11.5 Å². The van der Waals surface area contributed by atoms with E-state index in [1.807, 2.05) is 13.8 Å². The lowest BCUT2D eigenvalue weighted by Crippen LogP contribution is -2.18. The maximum atomic E-state index is 10.8. The van der Waals surface area contributed by atoms with E-state index in [4.69, 9.17) is 4.84 Å². The van der Waals surface area contributed by atoms with Crippen LogP contribution in [-0.4, -0.2) is 25.8 Å². The summed E-state index contributed by atoms with van der Waals surface area (Å²) < 4.78 is 0. The van der Waals surface area contributed by atoms with E-state index in [-0.39, 0.29) is 11.3 Å². The summed E-state index contributed by atoms with van der Waals surface area (Å²) in [4.78, 5) is 18.5. The minimum Gasteiger partial charge on any atom is -0.389 e. The van der Waals surface area contributed by atoms with Crippen LogP contribution in [0.2, 0.25) is 0 Å². The Labute approximate surface area is 90.5 Å². The van der Waals surface area contributed by atoms with Gasteiger partial charge in [0.1, 0.15) is 16.5 Å². The number of aromatic amines is 2. The Hall–Kier alpha value is -1.24. The highest BCUT2D eigenvalue weighted by Crippen LogP contribution is 2.28. The third-order valence-electron chi connectivity index (χ3n) is 1.90. The molecule has 1 aliphatic rings. The molecule has 0 amide bonds. The van der Waals surface area contributed by atoms with Crippen molar-refractivity contribution in [2.24, 2.45) is 5.16 Å². The fourth-order valence-electron chi connectivity index (χ4n) is 1.21. The largest absolute Gasteiger partial charge is 0.389 e. The maximum absolute atomic E-state index is 10.8. The number of rotatable bonds is 2. The Balaban J connectivity index is 1.87. The van der Waals surface area contributed by atoms with Crippen LogP contribution in [0.5, 0.6) is 0 Å². The van der Waals surface area contributed by atoms with Crippen molar-refractivity contribution < 1.29 is 4.84 Å². The summed E-state index contributed by atoms with van der Waals surface area (Å²) in [5.74, 6) is 1.22. The van der Waals surface area contributed by atoms with E-state index >= 15 is 0 Å². The molecule has 0 atom stereocenters. The first-order chi connectivity index (χ1) is 7.05. The summed E-state index contributed by atoms with van der Waals surface area (Å²) in [5, 5.41) is 11.0. The second-order valence-electron chi connectivity index (χ2n) is 3.93. The molecule has 0 bridgehead atoms. The highest BCUT2D eigenvalue weighted by molar-refractivity contribution is 8.13. The monoisotopic (exact) mass is 228 g/mol. The number of thioether (sulfide) groups is 1. The number of H-pyrrole nitrogens is 2. The molecule has 2 heterocycles. The predicted molar refractivity (Wildman–Crippen MR) is 57.7 cm³/mol. The van der Waals surface area contributed by atoms with E-state index in [0.29, 0.717) is 11.6 Å². The van der Waals surface area contributed by atoms with Crippen molar-refractivity contribution in [1.29, 1.82) is 0 Å². The van der Waals surface area contributed by atoms with Gasteiger partial charge in [-0.05, 0) is 13.8 Å². The van der Waals surface area contributed by atoms with Gasteiger partial charge < -0.3 is 4.84 Å². The molecule has 0 spiro atoms. The molecule has 0 aromatic carbocycles. The second kappa shape index (κ2) is 3.73. The van der Waals surface area contributed by atoms with E-state index in [9.17, 15) is 4.79 Å². The molecule has 6 nitrogen and oxygen atoms in total. The van der Waals surface area contributed by atoms with Crippen LogP contribution in [0.1, 0.15) is 26.1 Å². The van der Waals surface area contributed by atoms with Crippen molar-refractivity contribution in [1.82, 2.24) is 15.2 Å². The van der Waals surface area contributed by atoms with Gasteiger partial charge >= 0.3 is 5.69 Å². The topological polar surface area (TPSA) is 83.1 Å². The molecule has 7 heteroatoms. The molecule has 0 saturated heterocycles. The Kier molecular flexibility index (Phi) is 2.56. The van der Waals surface area contributed by atoms with Crippen LogP contribution in [0.3, 0.4) is 0 Å². The Morgan fingerprint density at radius 2 is 2.40 bits per heavy atom. The average molecular weight is 228 g/mol. The number of aromatic nitrogens is 3. The molecule has 2 N–H and O–H groups in total. The second-order valence-corrected chi connectivity index (χ2v) is 4.97. The smallest absolute Gasteiger partial charge is 0.340 e. The van der Waals surface area contributed by atoms with Gasteiger partial charge in [0.25, 0.3) is 0 Å². The summed E-state index contributed by atoms with van der Waals surface area (Å²) in [6, 6.07) is 0. The Bertz CT molecular complexity index is 434. The van der Waals surface area contributed by atoms with Crippen LogP contribution in [0.15, 0.2) is 9.95 Å². The molecule has 0 radical (unpaired) electrons. The molecule has 15 heavy (non-hydrogen) atoms. The normalized spacial score (nSPS) is 18.7. The van der Waals surface area contributed by atoms with Crippen molar-refractivity contribution >= 4 is 16.8 Å². The summed E-state index contributed by atoms with van der Waals surface area (Å²) in [5.41, 5.74) is -0.489. The number of hydrogen-bond acceptors (Lipinski definition) is 5. The van der Waals surface area contributed by atoms with Crippen LogP contribution in [0.4, 0.5) is 0 Å². The average Bonchev–Trinajstić information content (AvgIpc) is 2.69. The minimum absolute atomic E-state index is 0.207. The fourth-order valence-corrected chi connectivity index (χ4v) is 2.19. The highest BCUT2D eigenvalue weighted by atomic mass is 32.2. The van der Waals surface area contributed by atoms with Gasteiger partial charge in [-0.2, -0.15) is 5.10 Å². The number of nitrogens with zero attached hydrogens (tertiary/aromatic N) is 2. The Morgan fingerprint density at radius 1 is 1.60 bits per heavy atom. The van der Waals surface area contributed by atoms with Crippen molar-refractivity contribution in [2.75, 3.05) is 0 Å². The number of hydrogen-bond donors (Lipinski definition) is 2. The molecular weight excluding hydrogens is 216 g/mol. The minimum atomic E-state index is -0.282. The first kappa shape index (κ1) is 10.3. The predicted octanol–water partition coefficient (Wildman–Crippen LogP) is 0.844. The zero-order valence-electron chi connectivity index (χ0n) is 8.53. The van der Waals surface area contributed by atoms with Crippen LogP contribution in [0.25, 0.3) is 0 Å². The molecule has 1 aliphatic heterocycles. The highest BCUT2D eigenvalue weighted by Gasteiger charge is 2.29. The molecule has 82 valence electrons. The van der Waals surface area contributed by atoms with E-state index in [1.54, 1.807) is 0 Å². The lowest BCUT2D eigenvalue weighted by Gasteiger charge is -2.12. The van der Waals surface area contributed by atoms with Crippen molar-refractivity contribution in [2.45, 2.75) is 31.6 Å². The SMILES string of the molecule is CC1(C)CC(SCc2n[nH]c(=O)[nH]2)=NO1. The Morgan fingerprint density at radius 3 is 2.93 bits per heavy atom. The first-order valence-electron chi connectivity index (χ1n) is 4.57. The molecule has 0 saturated carbocycles. The van der Waals surface area contributed by atoms with Gasteiger partial charge in [-0.15, -0.1) is 0 Å². The molecule has 0 unspecified atom stereocenters. The van der Waals surface area contributed by atoms with Gasteiger partial charge in [-0.3, -0.25) is 4.98 Å². The zero-order valence-corrected chi connectivity index (χ0v) is 9.35. The van der Waals surface area contributed by atoms with Crippen LogP contribution in [0, 0.1) is 0 Å². The summed E-state index contributed by atoms with van der Waals surface area (Å²) in [7, 11) is 0. The molecule has 0 fully saturated rings. The quantitative estimate of drug-likeness (QED) is 0.785. The third kappa shape index (κ3) is 2.62. The molecule has 1 aromatic rings. The standard InChI is InChI=1S/C8H12N4O2S/c1-8(2)3-6(12-14-8)15-4-5-9-7(13)11-10-5/h3-4H2,1-2H3,(H2,9,10,11,13). The summed E-state index contributed by atoms with van der Waals surface area (Å²) in [6.45, 7) is 3.97. The van der Waals surface area contributed by atoms with Gasteiger partial charge in [0.05, 0.1) is 5.75 Å². The first-order valence-corrected chi connectivity index (χ1v) is 5.55. The third-order valence-corrected chi connectivity index (χ3v) is 2.87. The van der Waals surface area contributed by atoms with Crippen molar-refractivity contribution in [3.8, 4) is 0 Å². The number of nitrogens with one attached hydrogen (secondary N) is 2. The molecule has 0 aliphatic carbocycles. The van der Waals surface area contributed by atoms with E-state index in [1.165, 1.54) is 11.8 Å². The molecular formula is C8H12N4O2S. The fraction of sp³-hybridized carbons (Fsp3) is 0.625. The van der Waals surface area contributed by atoms with Crippen LogP contribution >= 0.6 is 11.8 Å². The summed E-state index contributed by atoms with van der Waals surface area (Å²) in [6.07, 6.45) is 0.798. The van der Waals surface area contributed by atoms with Gasteiger partial charge in [-0.25, -0.2) is 9.89 Å². The lowest BCUT2D eigenvalue weighted by molar-refractivity contribution is 0.0123. The van der Waals surface area contributed by atoms with E-state index in [2.05, 4.69) is 20.3 Å². The zero-order chi connectivity index (χ0) is 10.9. The number of oxime groups is 1. The summed E-state index contributed by atoms with van der Waals surface area (Å²) >= 11 is 1.53. The van der Waals surface area contributed by atoms with Gasteiger partial charge in [0.15, 0.2) is 0 Å². The van der Waals surface area contributed by atoms with Gasteiger partial charge in [0, 0.05) is 6.42 Å². The van der Waals surface area contributed by atoms with Crippen LogP contribution < -0.4 is 5.69 Å². The van der Waals surface area contributed by atoms with E-state index < -0.39 is 0 Å². The molecule has 1 aromatic heterocycles. The van der Waals surface area contributed by atoms with Crippen molar-refractivity contribution in [3.63, 3.8) is 0 Å². The lowest BCUT2D eigenvalue weighted by atomic mass is 10.1. The van der Waals surface area contributed by atoms with Crippen molar-refractivity contribution in [3.05, 3.63) is 16.3 Å². The van der Waals surface area contributed by atoms with Gasteiger partial charge in [-0.1, -0.05) is 16.9 Å².